The Bertz CT molecular complexity index is 917. The van der Waals surface area contributed by atoms with Crippen molar-refractivity contribution in [3.8, 4) is 6.07 Å². The van der Waals surface area contributed by atoms with E-state index < -0.39 is 0 Å². The van der Waals surface area contributed by atoms with Crippen LogP contribution >= 0.6 is 0 Å². The third kappa shape index (κ3) is 5.72. The van der Waals surface area contributed by atoms with Gasteiger partial charge in [0.2, 0.25) is 0 Å². The summed E-state index contributed by atoms with van der Waals surface area (Å²) in [6.45, 7) is 7.24. The first-order valence-electron chi connectivity index (χ1n) is 11.4. The van der Waals surface area contributed by atoms with Gasteiger partial charge in [-0.25, -0.2) is 0 Å². The van der Waals surface area contributed by atoms with Crippen LogP contribution in [0.3, 0.4) is 0 Å². The van der Waals surface area contributed by atoms with Crippen LogP contribution in [0.4, 0.5) is 0 Å². The second-order valence-corrected chi connectivity index (χ2v) is 9.03. The molecule has 0 radical (unpaired) electrons. The first kappa shape index (κ1) is 21.5. The van der Waals surface area contributed by atoms with Gasteiger partial charge >= 0.3 is 0 Å². The Kier molecular flexibility index (Phi) is 7.01. The van der Waals surface area contributed by atoms with Crippen LogP contribution in [0.15, 0.2) is 48.5 Å². The molecule has 0 bridgehead atoms. The fourth-order valence-corrected chi connectivity index (χ4v) is 4.62. The Hall–Kier alpha value is -2.68. The van der Waals surface area contributed by atoms with Gasteiger partial charge in [0.25, 0.3) is 5.91 Å². The molecule has 31 heavy (non-hydrogen) atoms. The molecule has 2 fully saturated rings. The van der Waals surface area contributed by atoms with Crippen molar-refractivity contribution < 1.29 is 4.79 Å². The van der Waals surface area contributed by atoms with Crippen molar-refractivity contribution in [1.29, 1.82) is 5.26 Å². The van der Waals surface area contributed by atoms with Crippen molar-refractivity contribution in [2.24, 2.45) is 5.92 Å². The molecule has 5 heteroatoms. The predicted molar refractivity (Wildman–Crippen MR) is 123 cm³/mol. The minimum Gasteiger partial charge on any atom is -0.339 e. The van der Waals surface area contributed by atoms with Crippen molar-refractivity contribution in [3.63, 3.8) is 0 Å². The maximum absolute atomic E-state index is 12.8. The lowest BCUT2D eigenvalue weighted by atomic mass is 9.89. The largest absolute Gasteiger partial charge is 0.339 e. The van der Waals surface area contributed by atoms with E-state index in [4.69, 9.17) is 5.26 Å². The molecule has 2 aromatic carbocycles. The normalized spacial score (nSPS) is 18.6. The van der Waals surface area contributed by atoms with Crippen LogP contribution < -0.4 is 0 Å². The number of carbonyl (C=O) groups excluding carboxylic acids is 1. The van der Waals surface area contributed by atoms with E-state index in [1.807, 2.05) is 4.90 Å². The van der Waals surface area contributed by atoms with Gasteiger partial charge in [0, 0.05) is 51.4 Å². The Balaban J connectivity index is 1.25. The molecule has 0 unspecified atom stereocenters. The van der Waals surface area contributed by atoms with Crippen molar-refractivity contribution in [3.05, 3.63) is 70.8 Å². The zero-order valence-corrected chi connectivity index (χ0v) is 18.5. The predicted octanol–water partition coefficient (Wildman–Crippen LogP) is 3.40. The number of piperidine rings is 1. The zero-order valence-electron chi connectivity index (χ0n) is 18.5. The fourth-order valence-electron chi connectivity index (χ4n) is 4.62. The highest BCUT2D eigenvalue weighted by Gasteiger charge is 2.24. The van der Waals surface area contributed by atoms with Gasteiger partial charge in [-0.3, -0.25) is 9.69 Å². The molecule has 1 amide bonds. The van der Waals surface area contributed by atoms with Crippen molar-refractivity contribution in [1.82, 2.24) is 14.7 Å². The van der Waals surface area contributed by atoms with E-state index in [-0.39, 0.29) is 5.91 Å². The summed E-state index contributed by atoms with van der Waals surface area (Å²) < 4.78 is 0. The minimum atomic E-state index is 0.0452. The lowest BCUT2D eigenvalue weighted by Gasteiger charge is -2.32. The average Bonchev–Trinajstić information content (AvgIpc) is 2.82. The summed E-state index contributed by atoms with van der Waals surface area (Å²) in [5, 5.41) is 9.06. The molecule has 0 atom stereocenters. The van der Waals surface area contributed by atoms with Crippen LogP contribution in [0.5, 0.6) is 0 Å². The van der Waals surface area contributed by atoms with Gasteiger partial charge in [-0.15, -0.1) is 0 Å². The van der Waals surface area contributed by atoms with E-state index in [0.717, 1.165) is 65.1 Å². The van der Waals surface area contributed by atoms with Gasteiger partial charge < -0.3 is 9.80 Å². The lowest BCUT2D eigenvalue weighted by Crippen LogP contribution is -2.43. The number of hydrogen-bond donors (Lipinski definition) is 0. The molecule has 2 saturated heterocycles. The van der Waals surface area contributed by atoms with E-state index in [2.05, 4.69) is 47.2 Å². The standard InChI is InChI=1S/C26H32N4O/c1-28-13-15-29(16-14-28)20-23-7-5-21(6-8-23)17-22-9-11-30(12-10-22)26(31)25-4-2-3-24(18-25)19-27/h2-8,18,22H,9-17,20H2,1H3. The summed E-state index contributed by atoms with van der Waals surface area (Å²) in [4.78, 5) is 19.6. The van der Waals surface area contributed by atoms with Gasteiger partial charge in [0.15, 0.2) is 0 Å². The lowest BCUT2D eigenvalue weighted by molar-refractivity contribution is 0.0690. The number of piperazine rings is 1. The number of amides is 1. The third-order valence-corrected chi connectivity index (χ3v) is 6.69. The monoisotopic (exact) mass is 416 g/mol. The van der Waals surface area contributed by atoms with Gasteiger partial charge in [-0.2, -0.15) is 5.26 Å². The molecule has 2 aliphatic rings. The highest BCUT2D eigenvalue weighted by Crippen LogP contribution is 2.23. The maximum Gasteiger partial charge on any atom is 0.253 e. The number of rotatable bonds is 5. The third-order valence-electron chi connectivity index (χ3n) is 6.69. The molecule has 2 aromatic rings. The van der Waals surface area contributed by atoms with Gasteiger partial charge in [-0.1, -0.05) is 30.3 Å². The van der Waals surface area contributed by atoms with Crippen molar-refractivity contribution >= 4 is 5.91 Å². The van der Waals surface area contributed by atoms with Crippen LogP contribution in [0.2, 0.25) is 0 Å². The quantitative estimate of drug-likeness (QED) is 0.750. The highest BCUT2D eigenvalue weighted by molar-refractivity contribution is 5.94. The highest BCUT2D eigenvalue weighted by atomic mass is 16.2. The second-order valence-electron chi connectivity index (χ2n) is 9.03. The number of hydrogen-bond acceptors (Lipinski definition) is 4. The number of likely N-dealkylation sites (tertiary alicyclic amines) is 1. The van der Waals surface area contributed by atoms with Crippen LogP contribution in [0.25, 0.3) is 0 Å². The molecule has 0 saturated carbocycles. The van der Waals surface area contributed by atoms with Gasteiger partial charge in [-0.05, 0) is 61.6 Å². The topological polar surface area (TPSA) is 50.6 Å². The molecule has 0 N–H and O–H groups in total. The molecule has 2 heterocycles. The Morgan fingerprint density at radius 2 is 1.65 bits per heavy atom. The van der Waals surface area contributed by atoms with Crippen molar-refractivity contribution in [2.45, 2.75) is 25.8 Å². The summed E-state index contributed by atoms with van der Waals surface area (Å²) in [5.41, 5.74) is 3.95. The maximum atomic E-state index is 12.8. The van der Waals surface area contributed by atoms with E-state index in [1.165, 1.54) is 11.1 Å². The first-order valence-corrected chi connectivity index (χ1v) is 11.4. The molecular formula is C26H32N4O. The molecule has 5 nitrogen and oxygen atoms in total. The Morgan fingerprint density at radius 3 is 2.32 bits per heavy atom. The first-order chi connectivity index (χ1) is 15.1. The second kappa shape index (κ2) is 10.1. The van der Waals surface area contributed by atoms with Gasteiger partial charge in [0.1, 0.15) is 0 Å². The molecule has 2 aliphatic heterocycles. The fraction of sp³-hybridized carbons (Fsp3) is 0.462. The molecule has 162 valence electrons. The Morgan fingerprint density at radius 1 is 0.968 bits per heavy atom. The SMILES string of the molecule is CN1CCN(Cc2ccc(CC3CCN(C(=O)c4cccc(C#N)c4)CC3)cc2)CC1. The molecule has 0 aromatic heterocycles. The summed E-state index contributed by atoms with van der Waals surface area (Å²) in [5.74, 6) is 0.668. The average molecular weight is 417 g/mol. The summed E-state index contributed by atoms with van der Waals surface area (Å²) in [6.07, 6.45) is 3.15. The van der Waals surface area contributed by atoms with Crippen molar-refractivity contribution in [2.75, 3.05) is 46.3 Å². The van der Waals surface area contributed by atoms with Crippen LogP contribution in [0, 0.1) is 17.2 Å². The van der Waals surface area contributed by atoms with E-state index in [0.29, 0.717) is 17.0 Å². The number of carbonyl (C=O) groups is 1. The van der Waals surface area contributed by atoms with E-state index in [1.54, 1.807) is 24.3 Å². The van der Waals surface area contributed by atoms with E-state index >= 15 is 0 Å². The van der Waals surface area contributed by atoms with Gasteiger partial charge in [0.05, 0.1) is 11.6 Å². The molecule has 4 rings (SSSR count). The minimum absolute atomic E-state index is 0.0452. The van der Waals surface area contributed by atoms with Crippen LogP contribution in [-0.2, 0) is 13.0 Å². The molecule has 0 aliphatic carbocycles. The number of likely N-dealkylation sites (N-methyl/N-ethyl adjacent to an activating group) is 1. The molecule has 0 spiro atoms. The zero-order chi connectivity index (χ0) is 21.6. The number of nitrogens with zero attached hydrogens (tertiary/aromatic N) is 4. The van der Waals surface area contributed by atoms with Crippen LogP contribution in [0.1, 0.15) is 39.9 Å². The molecular weight excluding hydrogens is 384 g/mol. The summed E-state index contributed by atoms with van der Waals surface area (Å²) >= 11 is 0. The number of nitriles is 1. The van der Waals surface area contributed by atoms with E-state index in [9.17, 15) is 4.79 Å². The number of benzene rings is 2. The van der Waals surface area contributed by atoms with Crippen LogP contribution in [-0.4, -0.2) is 66.9 Å². The smallest absolute Gasteiger partial charge is 0.253 e. The Labute approximate surface area is 185 Å². The summed E-state index contributed by atoms with van der Waals surface area (Å²) in [7, 11) is 2.19. The summed E-state index contributed by atoms with van der Waals surface area (Å²) in [6, 6.07) is 18.3.